The van der Waals surface area contributed by atoms with Crippen LogP contribution in [-0.2, 0) is 19.6 Å². The fourth-order valence-electron chi connectivity index (χ4n) is 4.76. The van der Waals surface area contributed by atoms with Gasteiger partial charge in [-0.15, -0.1) is 0 Å². The zero-order valence-corrected chi connectivity index (χ0v) is 24.2. The van der Waals surface area contributed by atoms with Gasteiger partial charge in [0.05, 0.1) is 37.2 Å². The van der Waals surface area contributed by atoms with E-state index in [4.69, 9.17) is 21.1 Å². The highest BCUT2D eigenvalue weighted by molar-refractivity contribution is 9.10. The molecule has 0 aliphatic carbocycles. The molecule has 4 aromatic rings. The second kappa shape index (κ2) is 11.6. The highest BCUT2D eigenvalue weighted by Crippen LogP contribution is 2.26. The minimum Gasteiger partial charge on any atom is -0.497 e. The predicted octanol–water partition coefficient (Wildman–Crippen LogP) is 4.66. The largest absolute Gasteiger partial charge is 0.497 e. The molecule has 0 fully saturated rings. The molecule has 9 nitrogen and oxygen atoms in total. The topological polar surface area (TPSA) is 94.8 Å². The molecule has 0 unspecified atom stereocenters. The molecule has 1 aliphatic rings. The van der Waals surface area contributed by atoms with Crippen molar-refractivity contribution in [3.8, 4) is 17.2 Å². The number of fused-ring (bicyclic) bond motifs is 1. The number of aromatic nitrogens is 2. The molecule has 5 rings (SSSR count). The van der Waals surface area contributed by atoms with E-state index in [0.717, 1.165) is 5.56 Å². The number of imidazole rings is 1. The van der Waals surface area contributed by atoms with Gasteiger partial charge in [-0.05, 0) is 64.5 Å². The van der Waals surface area contributed by atoms with E-state index in [-0.39, 0.29) is 36.9 Å². The quantitative estimate of drug-likeness (QED) is 0.323. The summed E-state index contributed by atoms with van der Waals surface area (Å²) in [5.74, 6) is 0.561. The maximum absolute atomic E-state index is 13.8. The molecule has 1 N–H and O–H groups in total. The zero-order valence-electron chi connectivity index (χ0n) is 21.8. The van der Waals surface area contributed by atoms with Crippen molar-refractivity contribution in [2.24, 2.45) is 0 Å². The highest BCUT2D eigenvalue weighted by atomic mass is 79.9. The van der Waals surface area contributed by atoms with Crippen LogP contribution in [0.2, 0.25) is 5.02 Å². The molecule has 11 heteroatoms. The van der Waals surface area contributed by atoms with Crippen LogP contribution in [0.3, 0.4) is 0 Å². The lowest BCUT2D eigenvalue weighted by atomic mass is 10.1. The number of nitrogens with zero attached hydrogens (tertiary/aromatic N) is 3. The number of benzene rings is 3. The van der Waals surface area contributed by atoms with Crippen LogP contribution in [0.4, 0.5) is 0 Å². The number of nitrogens with one attached hydrogen (secondary N) is 1. The fourth-order valence-corrected chi connectivity index (χ4v) is 5.18. The summed E-state index contributed by atoms with van der Waals surface area (Å²) in [6.45, 7) is 0.793. The Hall–Kier alpha value is -4.02. The summed E-state index contributed by atoms with van der Waals surface area (Å²) in [5.41, 5.74) is 1.96. The van der Waals surface area contributed by atoms with Crippen molar-refractivity contribution in [1.29, 1.82) is 0 Å². The van der Waals surface area contributed by atoms with Crippen LogP contribution in [0.25, 0.3) is 5.69 Å². The minimum absolute atomic E-state index is 0.0717. The lowest BCUT2D eigenvalue weighted by molar-refractivity contribution is 0.0706. The monoisotopic (exact) mass is 624 g/mol. The van der Waals surface area contributed by atoms with Gasteiger partial charge < -0.3 is 19.7 Å². The molecule has 0 saturated carbocycles. The van der Waals surface area contributed by atoms with Crippen LogP contribution in [0.1, 0.15) is 32.1 Å². The molecule has 3 aromatic carbocycles. The number of carbonyl (C=O) groups is 2. The van der Waals surface area contributed by atoms with E-state index in [1.165, 1.54) is 4.57 Å². The number of ether oxygens (including phenoxy) is 2. The van der Waals surface area contributed by atoms with Gasteiger partial charge in [-0.25, -0.2) is 4.79 Å². The van der Waals surface area contributed by atoms with Gasteiger partial charge in [0.2, 0.25) is 0 Å². The SMILES string of the molecule is COc1ccc(-n2c(C(=O)NCc3ccccc3OC)c3n(c2=O)CCN(C(=O)c2ccc(Br)c(Cl)c2)C3)cc1. The third-order valence-electron chi connectivity index (χ3n) is 6.81. The lowest BCUT2D eigenvalue weighted by Crippen LogP contribution is -2.41. The molecule has 1 aliphatic heterocycles. The third kappa shape index (κ3) is 5.24. The first-order valence-electron chi connectivity index (χ1n) is 12.5. The standard InChI is InChI=1S/C29H26BrClN4O5/c1-39-21-10-8-20(9-11-21)35-26(27(36)32-16-19-5-3-4-6-25(19)40-2)24-17-33(13-14-34(24)29(35)38)28(37)18-7-12-22(30)23(31)15-18/h3-12,15H,13-14,16-17H2,1-2H3,(H,32,36). The number of carbonyl (C=O) groups excluding carboxylic acids is 2. The number of para-hydroxylation sites is 1. The average Bonchev–Trinajstić information content (AvgIpc) is 3.28. The zero-order chi connectivity index (χ0) is 28.4. The molecule has 1 aromatic heterocycles. The Kier molecular flexibility index (Phi) is 7.99. The molecule has 0 spiro atoms. The van der Waals surface area contributed by atoms with E-state index in [1.54, 1.807) is 66.2 Å². The maximum atomic E-state index is 13.8. The summed E-state index contributed by atoms with van der Waals surface area (Å²) in [5, 5.41) is 3.35. The Morgan fingerprint density at radius 2 is 1.75 bits per heavy atom. The van der Waals surface area contributed by atoms with Crippen LogP contribution in [0, 0.1) is 0 Å². The van der Waals surface area contributed by atoms with Crippen molar-refractivity contribution in [3.05, 3.63) is 109 Å². The highest BCUT2D eigenvalue weighted by Gasteiger charge is 2.32. The third-order valence-corrected chi connectivity index (χ3v) is 8.04. The number of halogens is 2. The van der Waals surface area contributed by atoms with Crippen molar-refractivity contribution >= 4 is 39.3 Å². The Balaban J connectivity index is 1.54. The van der Waals surface area contributed by atoms with Gasteiger partial charge in [0.15, 0.2) is 0 Å². The minimum atomic E-state index is -0.450. The number of hydrogen-bond acceptors (Lipinski definition) is 5. The van der Waals surface area contributed by atoms with E-state index in [9.17, 15) is 14.4 Å². The fraction of sp³-hybridized carbons (Fsp3) is 0.207. The van der Waals surface area contributed by atoms with E-state index in [0.29, 0.717) is 44.5 Å². The van der Waals surface area contributed by atoms with Crippen LogP contribution >= 0.6 is 27.5 Å². The van der Waals surface area contributed by atoms with Gasteiger partial charge >= 0.3 is 5.69 Å². The summed E-state index contributed by atoms with van der Waals surface area (Å²) in [6.07, 6.45) is 0. The first-order chi connectivity index (χ1) is 19.3. The molecular weight excluding hydrogens is 600 g/mol. The van der Waals surface area contributed by atoms with Gasteiger partial charge in [0, 0.05) is 35.2 Å². The molecule has 40 heavy (non-hydrogen) atoms. The van der Waals surface area contributed by atoms with Crippen molar-refractivity contribution in [2.75, 3.05) is 20.8 Å². The van der Waals surface area contributed by atoms with Gasteiger partial charge in [0.1, 0.15) is 17.2 Å². The second-order valence-corrected chi connectivity index (χ2v) is 10.4. The first-order valence-corrected chi connectivity index (χ1v) is 13.6. The van der Waals surface area contributed by atoms with Gasteiger partial charge in [-0.2, -0.15) is 0 Å². The Morgan fingerprint density at radius 1 is 1.00 bits per heavy atom. The molecule has 0 bridgehead atoms. The van der Waals surface area contributed by atoms with Gasteiger partial charge in [-0.1, -0.05) is 29.8 Å². The number of amides is 2. The Bertz CT molecular complexity index is 1650. The number of methoxy groups -OCH3 is 2. The van der Waals surface area contributed by atoms with Crippen molar-refractivity contribution in [1.82, 2.24) is 19.4 Å². The molecular formula is C29H26BrClN4O5. The summed E-state index contributed by atoms with van der Waals surface area (Å²) in [7, 11) is 3.12. The Morgan fingerprint density at radius 3 is 2.45 bits per heavy atom. The Labute approximate surface area is 244 Å². The summed E-state index contributed by atoms with van der Waals surface area (Å²) in [6, 6.07) is 19.3. The summed E-state index contributed by atoms with van der Waals surface area (Å²) >= 11 is 9.57. The average molecular weight is 626 g/mol. The van der Waals surface area contributed by atoms with Crippen LogP contribution < -0.4 is 20.5 Å². The van der Waals surface area contributed by atoms with Crippen molar-refractivity contribution in [2.45, 2.75) is 19.6 Å². The van der Waals surface area contributed by atoms with E-state index < -0.39 is 5.91 Å². The molecule has 0 radical (unpaired) electrons. The van der Waals surface area contributed by atoms with Crippen molar-refractivity contribution < 1.29 is 19.1 Å². The maximum Gasteiger partial charge on any atom is 0.333 e. The first kappa shape index (κ1) is 27.5. The molecule has 2 heterocycles. The molecule has 0 saturated heterocycles. The summed E-state index contributed by atoms with van der Waals surface area (Å²) in [4.78, 5) is 42.5. The van der Waals surface area contributed by atoms with E-state index >= 15 is 0 Å². The van der Waals surface area contributed by atoms with Crippen molar-refractivity contribution in [3.63, 3.8) is 0 Å². The smallest absolute Gasteiger partial charge is 0.333 e. The summed E-state index contributed by atoms with van der Waals surface area (Å²) < 4.78 is 14.3. The van der Waals surface area contributed by atoms with E-state index in [1.807, 2.05) is 24.3 Å². The molecule has 206 valence electrons. The molecule has 0 atom stereocenters. The van der Waals surface area contributed by atoms with E-state index in [2.05, 4.69) is 21.2 Å². The lowest BCUT2D eigenvalue weighted by Gasteiger charge is -2.28. The van der Waals surface area contributed by atoms with Gasteiger partial charge in [0.25, 0.3) is 11.8 Å². The normalized spacial score (nSPS) is 12.6. The second-order valence-electron chi connectivity index (χ2n) is 9.11. The van der Waals surface area contributed by atoms with Crippen LogP contribution in [0.5, 0.6) is 11.5 Å². The molecule has 2 amide bonds. The number of rotatable bonds is 7. The number of hydrogen-bond donors (Lipinski definition) is 1. The van der Waals surface area contributed by atoms with Crippen LogP contribution in [-0.4, -0.2) is 46.6 Å². The van der Waals surface area contributed by atoms with Gasteiger partial charge in [-0.3, -0.25) is 18.7 Å². The van der Waals surface area contributed by atoms with Crippen LogP contribution in [0.15, 0.2) is 76.0 Å². The predicted molar refractivity (Wildman–Crippen MR) is 155 cm³/mol.